The molecule has 0 aromatic carbocycles. The fourth-order valence-corrected chi connectivity index (χ4v) is 3.60. The minimum atomic E-state index is -0.233. The molecule has 0 saturated heterocycles. The molecule has 1 amide bonds. The highest BCUT2D eigenvalue weighted by Crippen LogP contribution is 2.20. The highest BCUT2D eigenvalue weighted by Gasteiger charge is 2.17. The summed E-state index contributed by atoms with van der Waals surface area (Å²) in [5, 5.41) is 1.98. The number of nitrogens with zero attached hydrogens (tertiary/aromatic N) is 1. The second-order valence-corrected chi connectivity index (χ2v) is 7.08. The molecule has 0 bridgehead atoms. The number of allylic oxidation sites excluding steroid dienone is 1. The minimum Gasteiger partial charge on any atom is -0.466 e. The van der Waals surface area contributed by atoms with Gasteiger partial charge in [-0.1, -0.05) is 17.7 Å². The van der Waals surface area contributed by atoms with E-state index in [0.29, 0.717) is 26.1 Å². The number of hydrogen-bond donors (Lipinski definition) is 0. The smallest absolute Gasteiger partial charge is 0.307 e. The molecular formula is C19H27NO3S. The first-order chi connectivity index (χ1) is 11.7. The van der Waals surface area contributed by atoms with Gasteiger partial charge in [-0.2, -0.15) is 0 Å². The van der Waals surface area contributed by atoms with Gasteiger partial charge in [0.2, 0.25) is 5.91 Å². The number of ether oxygens (including phenoxy) is 1. The molecule has 24 heavy (non-hydrogen) atoms. The molecule has 1 aromatic heterocycles. The maximum Gasteiger partial charge on any atom is 0.307 e. The Hall–Kier alpha value is -1.62. The molecule has 0 unspecified atom stereocenters. The largest absolute Gasteiger partial charge is 0.466 e. The van der Waals surface area contributed by atoms with Gasteiger partial charge >= 0.3 is 5.97 Å². The van der Waals surface area contributed by atoms with Crippen molar-refractivity contribution in [1.82, 2.24) is 4.90 Å². The monoisotopic (exact) mass is 349 g/mol. The highest BCUT2D eigenvalue weighted by molar-refractivity contribution is 7.10. The molecule has 0 atom stereocenters. The van der Waals surface area contributed by atoms with Crippen molar-refractivity contribution in [1.29, 1.82) is 0 Å². The lowest BCUT2D eigenvalue weighted by Gasteiger charge is -2.24. The van der Waals surface area contributed by atoms with E-state index in [1.165, 1.54) is 18.4 Å². The van der Waals surface area contributed by atoms with Gasteiger partial charge in [0.1, 0.15) is 0 Å². The van der Waals surface area contributed by atoms with E-state index >= 15 is 0 Å². The summed E-state index contributed by atoms with van der Waals surface area (Å²) in [4.78, 5) is 27.1. The first-order valence-corrected chi connectivity index (χ1v) is 9.70. The summed E-state index contributed by atoms with van der Waals surface area (Å²) in [6.45, 7) is 3.31. The highest BCUT2D eigenvalue weighted by atomic mass is 32.1. The molecule has 1 aliphatic carbocycles. The molecule has 4 nitrogen and oxygen atoms in total. The molecule has 132 valence electrons. The first kappa shape index (κ1) is 18.7. The van der Waals surface area contributed by atoms with E-state index in [1.807, 2.05) is 22.4 Å². The van der Waals surface area contributed by atoms with E-state index in [2.05, 4.69) is 6.08 Å². The topological polar surface area (TPSA) is 46.6 Å². The van der Waals surface area contributed by atoms with Gasteiger partial charge in [-0.15, -0.1) is 11.3 Å². The molecule has 0 saturated carbocycles. The third-order valence-electron chi connectivity index (χ3n) is 4.24. The lowest BCUT2D eigenvalue weighted by Crippen LogP contribution is -2.35. The van der Waals surface area contributed by atoms with E-state index in [4.69, 9.17) is 4.74 Å². The summed E-state index contributed by atoms with van der Waals surface area (Å²) in [5.74, 6) is -0.138. The molecular weight excluding hydrogens is 322 g/mol. The van der Waals surface area contributed by atoms with Gasteiger partial charge in [0.25, 0.3) is 0 Å². The normalized spacial score (nSPS) is 14.1. The molecule has 0 fully saturated rings. The number of carbonyl (C=O) groups is 2. The van der Waals surface area contributed by atoms with Crippen LogP contribution >= 0.6 is 11.3 Å². The van der Waals surface area contributed by atoms with Crippen LogP contribution in [-0.2, 0) is 20.7 Å². The van der Waals surface area contributed by atoms with E-state index in [9.17, 15) is 9.59 Å². The molecule has 1 heterocycles. The maximum atomic E-state index is 12.6. The Morgan fingerprint density at radius 3 is 2.83 bits per heavy atom. The van der Waals surface area contributed by atoms with Gasteiger partial charge < -0.3 is 9.64 Å². The predicted molar refractivity (Wildman–Crippen MR) is 97.0 cm³/mol. The van der Waals surface area contributed by atoms with Crippen molar-refractivity contribution in [3.63, 3.8) is 0 Å². The van der Waals surface area contributed by atoms with Crippen molar-refractivity contribution >= 4 is 23.2 Å². The average molecular weight is 349 g/mol. The van der Waals surface area contributed by atoms with Gasteiger partial charge in [0.05, 0.1) is 19.4 Å². The first-order valence-electron chi connectivity index (χ1n) is 8.82. The van der Waals surface area contributed by atoms with Gasteiger partial charge in [0.15, 0.2) is 0 Å². The van der Waals surface area contributed by atoms with Crippen molar-refractivity contribution in [3.8, 4) is 0 Å². The lowest BCUT2D eigenvalue weighted by atomic mass is 9.97. The molecule has 0 aliphatic heterocycles. The van der Waals surface area contributed by atoms with Crippen molar-refractivity contribution in [2.24, 2.45) is 0 Å². The van der Waals surface area contributed by atoms with E-state index < -0.39 is 0 Å². The molecule has 0 spiro atoms. The second-order valence-electron chi connectivity index (χ2n) is 6.05. The van der Waals surface area contributed by atoms with Crippen LogP contribution in [0.2, 0.25) is 0 Å². The Balaban J connectivity index is 1.90. The second kappa shape index (κ2) is 10.3. The zero-order chi connectivity index (χ0) is 17.2. The summed E-state index contributed by atoms with van der Waals surface area (Å²) in [6.07, 6.45) is 8.73. The molecule has 0 radical (unpaired) electrons. The predicted octanol–water partition coefficient (Wildman–Crippen LogP) is 3.96. The Labute approximate surface area is 148 Å². The van der Waals surface area contributed by atoms with Crippen LogP contribution in [0.4, 0.5) is 0 Å². The Kier molecular flexibility index (Phi) is 8.02. The number of thiophene rings is 1. The van der Waals surface area contributed by atoms with Crippen LogP contribution in [0.1, 0.15) is 50.3 Å². The number of amides is 1. The van der Waals surface area contributed by atoms with Crippen LogP contribution in [0.25, 0.3) is 0 Å². The van der Waals surface area contributed by atoms with Crippen molar-refractivity contribution in [2.75, 3.05) is 19.7 Å². The van der Waals surface area contributed by atoms with Crippen LogP contribution < -0.4 is 0 Å². The van der Waals surface area contributed by atoms with Gasteiger partial charge in [-0.3, -0.25) is 9.59 Å². The van der Waals surface area contributed by atoms with Gasteiger partial charge in [-0.25, -0.2) is 0 Å². The van der Waals surface area contributed by atoms with Crippen LogP contribution in [0.5, 0.6) is 0 Å². The zero-order valence-electron chi connectivity index (χ0n) is 14.5. The quantitative estimate of drug-likeness (QED) is 0.501. The molecule has 2 rings (SSSR count). The molecule has 1 aliphatic rings. The van der Waals surface area contributed by atoms with E-state index in [-0.39, 0.29) is 18.3 Å². The number of esters is 1. The third-order valence-corrected chi connectivity index (χ3v) is 5.11. The fourth-order valence-electron chi connectivity index (χ4n) is 2.90. The summed E-state index contributed by atoms with van der Waals surface area (Å²) in [6, 6.07) is 3.94. The molecule has 5 heteroatoms. The number of rotatable bonds is 9. The third kappa shape index (κ3) is 6.48. The van der Waals surface area contributed by atoms with E-state index in [1.54, 1.807) is 18.3 Å². The Morgan fingerprint density at radius 2 is 2.17 bits per heavy atom. The average Bonchev–Trinajstić information content (AvgIpc) is 3.09. The van der Waals surface area contributed by atoms with Crippen molar-refractivity contribution in [2.45, 2.75) is 51.9 Å². The van der Waals surface area contributed by atoms with Gasteiger partial charge in [0, 0.05) is 18.0 Å². The maximum absolute atomic E-state index is 12.6. The summed E-state index contributed by atoms with van der Waals surface area (Å²) >= 11 is 1.60. The van der Waals surface area contributed by atoms with E-state index in [0.717, 1.165) is 24.1 Å². The Morgan fingerprint density at radius 1 is 1.29 bits per heavy atom. The van der Waals surface area contributed by atoms with Crippen LogP contribution in [-0.4, -0.2) is 36.5 Å². The van der Waals surface area contributed by atoms with Crippen molar-refractivity contribution in [3.05, 3.63) is 34.0 Å². The molecule has 1 aromatic rings. The summed E-state index contributed by atoms with van der Waals surface area (Å²) in [5.41, 5.74) is 1.45. The Bertz CT molecular complexity index is 551. The number of hydrogen-bond acceptors (Lipinski definition) is 4. The summed E-state index contributed by atoms with van der Waals surface area (Å²) in [7, 11) is 0. The summed E-state index contributed by atoms with van der Waals surface area (Å²) < 4.78 is 4.99. The molecule has 0 N–H and O–H groups in total. The van der Waals surface area contributed by atoms with Gasteiger partial charge in [-0.05, 0) is 50.5 Å². The van der Waals surface area contributed by atoms with Crippen LogP contribution in [0.15, 0.2) is 29.2 Å². The fraction of sp³-hybridized carbons (Fsp3) is 0.579. The minimum absolute atomic E-state index is 0.0955. The van der Waals surface area contributed by atoms with Crippen LogP contribution in [0, 0.1) is 0 Å². The number of carbonyl (C=O) groups excluding carboxylic acids is 2. The lowest BCUT2D eigenvalue weighted by molar-refractivity contribution is -0.144. The zero-order valence-corrected chi connectivity index (χ0v) is 15.3. The van der Waals surface area contributed by atoms with Crippen LogP contribution in [0.3, 0.4) is 0 Å². The van der Waals surface area contributed by atoms with Crippen molar-refractivity contribution < 1.29 is 14.3 Å². The standard InChI is InChI=1S/C19H27NO3S/c1-2-23-19(22)11-13-20(12-10-16-7-4-3-5-8-16)18(21)15-17-9-6-14-24-17/h6-7,9,14H,2-5,8,10-13,15H2,1H3. The SMILES string of the molecule is CCOC(=O)CCN(CCC1=CCCCC1)C(=O)Cc1cccs1.